The van der Waals surface area contributed by atoms with Crippen LogP contribution >= 0.6 is 0 Å². The van der Waals surface area contributed by atoms with E-state index in [1.54, 1.807) is 4.90 Å². The van der Waals surface area contributed by atoms with E-state index in [2.05, 4.69) is 5.32 Å². The summed E-state index contributed by atoms with van der Waals surface area (Å²) < 4.78 is 0. The van der Waals surface area contributed by atoms with Crippen molar-refractivity contribution >= 4 is 17.7 Å². The molecule has 2 saturated heterocycles. The lowest BCUT2D eigenvalue weighted by atomic mass is 10.0. The highest BCUT2D eigenvalue weighted by atomic mass is 16.2. The van der Waals surface area contributed by atoms with Gasteiger partial charge in [-0.15, -0.1) is 0 Å². The molecular formula is C16H27N3O3. The molecule has 0 saturated carbocycles. The van der Waals surface area contributed by atoms with Gasteiger partial charge in [-0.25, -0.2) is 0 Å². The SMILES string of the molecule is CCN1CC(C(=O)N2CCC(NC(=O)C(C)C)CC2)CC1=O. The van der Waals surface area contributed by atoms with Crippen molar-refractivity contribution in [3.8, 4) is 0 Å². The van der Waals surface area contributed by atoms with Crippen LogP contribution in [0.5, 0.6) is 0 Å². The van der Waals surface area contributed by atoms with Crippen LogP contribution in [0.4, 0.5) is 0 Å². The van der Waals surface area contributed by atoms with Crippen molar-refractivity contribution < 1.29 is 14.4 Å². The number of hydrogen-bond acceptors (Lipinski definition) is 3. The molecule has 6 nitrogen and oxygen atoms in total. The average Bonchev–Trinajstić information content (AvgIpc) is 2.88. The molecule has 1 unspecified atom stereocenters. The van der Waals surface area contributed by atoms with E-state index in [9.17, 15) is 14.4 Å². The van der Waals surface area contributed by atoms with Crippen molar-refractivity contribution in [1.29, 1.82) is 0 Å². The van der Waals surface area contributed by atoms with Crippen LogP contribution in [0.2, 0.25) is 0 Å². The third kappa shape index (κ3) is 3.78. The van der Waals surface area contributed by atoms with E-state index in [4.69, 9.17) is 0 Å². The molecule has 2 aliphatic heterocycles. The Morgan fingerprint density at radius 1 is 1.27 bits per heavy atom. The first-order valence-electron chi connectivity index (χ1n) is 8.29. The van der Waals surface area contributed by atoms with Gasteiger partial charge in [0.2, 0.25) is 17.7 Å². The van der Waals surface area contributed by atoms with Gasteiger partial charge in [-0.3, -0.25) is 14.4 Å². The lowest BCUT2D eigenvalue weighted by Crippen LogP contribution is -2.49. The van der Waals surface area contributed by atoms with Gasteiger partial charge < -0.3 is 15.1 Å². The third-order valence-corrected chi connectivity index (χ3v) is 4.62. The Balaban J connectivity index is 1.80. The van der Waals surface area contributed by atoms with Crippen LogP contribution in [0.15, 0.2) is 0 Å². The maximum Gasteiger partial charge on any atom is 0.227 e. The Morgan fingerprint density at radius 2 is 1.91 bits per heavy atom. The summed E-state index contributed by atoms with van der Waals surface area (Å²) in [7, 11) is 0. The maximum absolute atomic E-state index is 12.5. The molecule has 0 aromatic carbocycles. The maximum atomic E-state index is 12.5. The number of carbonyl (C=O) groups excluding carboxylic acids is 3. The van der Waals surface area contributed by atoms with Crippen LogP contribution in [-0.2, 0) is 14.4 Å². The number of amides is 3. The van der Waals surface area contributed by atoms with Gasteiger partial charge in [0.25, 0.3) is 0 Å². The van der Waals surface area contributed by atoms with Crippen LogP contribution in [0.3, 0.4) is 0 Å². The lowest BCUT2D eigenvalue weighted by Gasteiger charge is -2.34. The van der Waals surface area contributed by atoms with Gasteiger partial charge in [-0.2, -0.15) is 0 Å². The first kappa shape index (κ1) is 16.8. The predicted molar refractivity (Wildman–Crippen MR) is 82.9 cm³/mol. The predicted octanol–water partition coefficient (Wildman–Crippen LogP) is 0.618. The fraction of sp³-hybridized carbons (Fsp3) is 0.812. The summed E-state index contributed by atoms with van der Waals surface area (Å²) in [5.74, 6) is 0.0565. The summed E-state index contributed by atoms with van der Waals surface area (Å²) in [6.45, 7) is 8.25. The molecule has 2 heterocycles. The molecule has 6 heteroatoms. The topological polar surface area (TPSA) is 69.7 Å². The van der Waals surface area contributed by atoms with Crippen molar-refractivity contribution in [1.82, 2.24) is 15.1 Å². The number of piperidine rings is 1. The second-order valence-electron chi connectivity index (χ2n) is 6.60. The van der Waals surface area contributed by atoms with Crippen LogP contribution < -0.4 is 5.32 Å². The van der Waals surface area contributed by atoms with Gasteiger partial charge in [-0.05, 0) is 19.8 Å². The summed E-state index contributed by atoms with van der Waals surface area (Å²) in [6, 6.07) is 0.163. The Hall–Kier alpha value is -1.59. The first-order chi connectivity index (χ1) is 10.4. The minimum absolute atomic E-state index is 0.0100. The fourth-order valence-corrected chi connectivity index (χ4v) is 3.11. The smallest absolute Gasteiger partial charge is 0.227 e. The number of hydrogen-bond donors (Lipinski definition) is 1. The number of carbonyl (C=O) groups is 3. The third-order valence-electron chi connectivity index (χ3n) is 4.62. The molecule has 0 aliphatic carbocycles. The van der Waals surface area contributed by atoms with Crippen molar-refractivity contribution in [2.45, 2.75) is 46.1 Å². The minimum atomic E-state index is -0.186. The molecular weight excluding hydrogens is 282 g/mol. The fourth-order valence-electron chi connectivity index (χ4n) is 3.11. The van der Waals surface area contributed by atoms with Gasteiger partial charge in [0, 0.05) is 44.6 Å². The molecule has 0 bridgehead atoms. The molecule has 2 aliphatic rings. The summed E-state index contributed by atoms with van der Waals surface area (Å²) in [6.07, 6.45) is 1.93. The zero-order chi connectivity index (χ0) is 16.3. The lowest BCUT2D eigenvalue weighted by molar-refractivity contribution is -0.137. The zero-order valence-corrected chi connectivity index (χ0v) is 13.8. The van der Waals surface area contributed by atoms with Crippen molar-refractivity contribution in [3.63, 3.8) is 0 Å². The summed E-state index contributed by atoms with van der Waals surface area (Å²) in [5, 5.41) is 3.03. The minimum Gasteiger partial charge on any atom is -0.353 e. The van der Waals surface area contributed by atoms with Gasteiger partial charge >= 0.3 is 0 Å². The molecule has 2 rings (SSSR count). The monoisotopic (exact) mass is 309 g/mol. The summed E-state index contributed by atoms with van der Waals surface area (Å²) in [4.78, 5) is 39.6. The molecule has 124 valence electrons. The summed E-state index contributed by atoms with van der Waals surface area (Å²) >= 11 is 0. The molecule has 0 spiro atoms. The molecule has 2 fully saturated rings. The van der Waals surface area contributed by atoms with Gasteiger partial charge in [0.05, 0.1) is 5.92 Å². The normalized spacial score (nSPS) is 23.3. The van der Waals surface area contributed by atoms with E-state index in [0.29, 0.717) is 32.6 Å². The molecule has 1 N–H and O–H groups in total. The number of nitrogens with one attached hydrogen (secondary N) is 1. The molecule has 0 aromatic rings. The second kappa shape index (κ2) is 7.11. The van der Waals surface area contributed by atoms with Gasteiger partial charge in [-0.1, -0.05) is 13.8 Å². The molecule has 0 aromatic heterocycles. The summed E-state index contributed by atoms with van der Waals surface area (Å²) in [5.41, 5.74) is 0. The van der Waals surface area contributed by atoms with E-state index in [0.717, 1.165) is 12.8 Å². The van der Waals surface area contributed by atoms with E-state index >= 15 is 0 Å². The highest BCUT2D eigenvalue weighted by Crippen LogP contribution is 2.22. The van der Waals surface area contributed by atoms with Gasteiger partial charge in [0.15, 0.2) is 0 Å². The number of rotatable bonds is 4. The van der Waals surface area contributed by atoms with E-state index < -0.39 is 0 Å². The highest BCUT2D eigenvalue weighted by Gasteiger charge is 2.36. The zero-order valence-electron chi connectivity index (χ0n) is 13.8. The first-order valence-corrected chi connectivity index (χ1v) is 8.29. The van der Waals surface area contributed by atoms with Crippen LogP contribution in [-0.4, -0.2) is 59.7 Å². The van der Waals surface area contributed by atoms with Crippen molar-refractivity contribution in [2.75, 3.05) is 26.2 Å². The molecule has 1 atom stereocenters. The Morgan fingerprint density at radius 3 is 2.41 bits per heavy atom. The average molecular weight is 309 g/mol. The van der Waals surface area contributed by atoms with Crippen molar-refractivity contribution in [2.24, 2.45) is 11.8 Å². The Bertz CT molecular complexity index is 442. The highest BCUT2D eigenvalue weighted by molar-refractivity contribution is 5.89. The number of nitrogens with zero attached hydrogens (tertiary/aromatic N) is 2. The second-order valence-corrected chi connectivity index (χ2v) is 6.60. The Labute approximate surface area is 132 Å². The molecule has 0 radical (unpaired) electrons. The van der Waals surface area contributed by atoms with E-state index in [1.165, 1.54) is 0 Å². The standard InChI is InChI=1S/C16H27N3O3/c1-4-18-10-12(9-14(18)20)16(22)19-7-5-13(6-8-19)17-15(21)11(2)3/h11-13H,4-10H2,1-3H3,(H,17,21). The van der Waals surface area contributed by atoms with E-state index in [-0.39, 0.29) is 35.6 Å². The van der Waals surface area contributed by atoms with Gasteiger partial charge in [0.1, 0.15) is 0 Å². The molecule has 22 heavy (non-hydrogen) atoms. The quantitative estimate of drug-likeness (QED) is 0.827. The van der Waals surface area contributed by atoms with Crippen LogP contribution in [0.1, 0.15) is 40.0 Å². The Kier molecular flexibility index (Phi) is 5.42. The number of likely N-dealkylation sites (tertiary alicyclic amines) is 2. The van der Waals surface area contributed by atoms with Crippen LogP contribution in [0.25, 0.3) is 0 Å². The van der Waals surface area contributed by atoms with Crippen molar-refractivity contribution in [3.05, 3.63) is 0 Å². The van der Waals surface area contributed by atoms with Crippen LogP contribution in [0, 0.1) is 11.8 Å². The largest absolute Gasteiger partial charge is 0.353 e. The molecule has 3 amide bonds. The van der Waals surface area contributed by atoms with E-state index in [1.807, 2.05) is 25.7 Å².